The molecule has 1 rings (SSSR count). The monoisotopic (exact) mass is 262 g/mol. The van der Waals surface area contributed by atoms with Crippen molar-refractivity contribution < 1.29 is 53.4 Å². The molecule has 0 heterocycles. The van der Waals surface area contributed by atoms with Crippen LogP contribution in [-0.4, -0.2) is 18.1 Å². The molecule has 1 aromatic carbocycles. The van der Waals surface area contributed by atoms with Crippen LogP contribution in [0.15, 0.2) is 30.3 Å². The summed E-state index contributed by atoms with van der Waals surface area (Å²) in [6.07, 6.45) is -2.82. The number of aliphatic carboxylic acids is 1. The van der Waals surface area contributed by atoms with Crippen molar-refractivity contribution in [2.24, 2.45) is 0 Å². The summed E-state index contributed by atoms with van der Waals surface area (Å²) in [7, 11) is 0. The van der Waals surface area contributed by atoms with Crippen LogP contribution in [0.25, 0.3) is 0 Å². The van der Waals surface area contributed by atoms with Gasteiger partial charge in [0.25, 0.3) is 0 Å². The fraction of sp³-hybridized carbons (Fsp3) is 0.333. The van der Waals surface area contributed by atoms with Crippen LogP contribution in [0.4, 0.5) is 4.39 Å². The average Bonchev–Trinajstić information content (AvgIpc) is 2.34. The molecular weight excluding hydrogens is 250 g/mol. The standard InChI is InChI=1S/C12H13FO4.Na/c13-10(12(15)16)6-7-11(14)17-8-9-4-2-1-3-5-9;/h1-5,10H,6-8H2,(H,15,16);/q;+1/p-1. The molecule has 1 aromatic rings. The number of hydrogen-bond acceptors (Lipinski definition) is 4. The number of carbonyl (C=O) groups is 2. The van der Waals surface area contributed by atoms with Gasteiger partial charge in [-0.2, -0.15) is 0 Å². The molecule has 0 fully saturated rings. The normalized spacial score (nSPS) is 11.2. The average molecular weight is 262 g/mol. The Bertz CT molecular complexity index is 383. The molecule has 0 aliphatic rings. The first-order chi connectivity index (χ1) is 8.09. The van der Waals surface area contributed by atoms with Gasteiger partial charge in [-0.3, -0.25) is 4.79 Å². The van der Waals surface area contributed by atoms with Crippen molar-refractivity contribution >= 4 is 11.9 Å². The third kappa shape index (κ3) is 6.74. The Balaban J connectivity index is 0.00000289. The number of alkyl halides is 1. The predicted molar refractivity (Wildman–Crippen MR) is 55.4 cm³/mol. The number of rotatable bonds is 6. The van der Waals surface area contributed by atoms with Gasteiger partial charge in [-0.15, -0.1) is 0 Å². The van der Waals surface area contributed by atoms with Crippen molar-refractivity contribution in [1.29, 1.82) is 0 Å². The molecule has 0 bridgehead atoms. The van der Waals surface area contributed by atoms with E-state index in [9.17, 15) is 19.1 Å². The Hall–Kier alpha value is -0.910. The summed E-state index contributed by atoms with van der Waals surface area (Å²) < 4.78 is 17.4. The zero-order valence-electron chi connectivity index (χ0n) is 10.1. The largest absolute Gasteiger partial charge is 1.00 e. The van der Waals surface area contributed by atoms with Crippen molar-refractivity contribution in [2.75, 3.05) is 0 Å². The molecule has 1 atom stereocenters. The second-order valence-electron chi connectivity index (χ2n) is 3.47. The minimum Gasteiger partial charge on any atom is -0.547 e. The molecule has 4 nitrogen and oxygen atoms in total. The van der Waals surface area contributed by atoms with Crippen LogP contribution in [0.3, 0.4) is 0 Å². The zero-order chi connectivity index (χ0) is 12.7. The van der Waals surface area contributed by atoms with Crippen LogP contribution in [0.5, 0.6) is 0 Å². The summed E-state index contributed by atoms with van der Waals surface area (Å²) in [4.78, 5) is 21.2. The van der Waals surface area contributed by atoms with Crippen LogP contribution >= 0.6 is 0 Å². The third-order valence-electron chi connectivity index (χ3n) is 2.10. The minimum atomic E-state index is -2.13. The minimum absolute atomic E-state index is 0. The van der Waals surface area contributed by atoms with Gasteiger partial charge < -0.3 is 14.6 Å². The van der Waals surface area contributed by atoms with E-state index in [0.717, 1.165) is 5.56 Å². The number of esters is 1. The molecular formula is C12H12FNaO4. The van der Waals surface area contributed by atoms with Crippen LogP contribution < -0.4 is 34.7 Å². The maximum Gasteiger partial charge on any atom is 1.00 e. The van der Waals surface area contributed by atoms with E-state index >= 15 is 0 Å². The molecule has 6 heteroatoms. The van der Waals surface area contributed by atoms with Crippen molar-refractivity contribution in [1.82, 2.24) is 0 Å². The molecule has 92 valence electrons. The molecule has 18 heavy (non-hydrogen) atoms. The summed E-state index contributed by atoms with van der Waals surface area (Å²) >= 11 is 0. The molecule has 0 saturated heterocycles. The molecule has 0 aliphatic heterocycles. The Labute approximate surface area is 126 Å². The van der Waals surface area contributed by atoms with E-state index in [4.69, 9.17) is 4.74 Å². The summed E-state index contributed by atoms with van der Waals surface area (Å²) in [6, 6.07) is 9.01. The Morgan fingerprint density at radius 3 is 2.44 bits per heavy atom. The second-order valence-corrected chi connectivity index (χ2v) is 3.47. The van der Waals surface area contributed by atoms with Gasteiger partial charge in [0.05, 0.1) is 5.97 Å². The topological polar surface area (TPSA) is 66.4 Å². The summed E-state index contributed by atoms with van der Waals surface area (Å²) in [5.41, 5.74) is 0.817. The van der Waals surface area contributed by atoms with Gasteiger partial charge in [-0.1, -0.05) is 30.3 Å². The van der Waals surface area contributed by atoms with E-state index < -0.39 is 24.5 Å². The third-order valence-corrected chi connectivity index (χ3v) is 2.10. The van der Waals surface area contributed by atoms with Crippen molar-refractivity contribution in [3.8, 4) is 0 Å². The van der Waals surface area contributed by atoms with E-state index in [0.29, 0.717) is 0 Å². The van der Waals surface area contributed by atoms with Gasteiger partial charge in [0, 0.05) is 6.42 Å². The van der Waals surface area contributed by atoms with Crippen molar-refractivity contribution in [2.45, 2.75) is 25.6 Å². The number of carboxylic acid groups (broad SMARTS) is 1. The molecule has 0 aliphatic carbocycles. The van der Waals surface area contributed by atoms with Gasteiger partial charge in [-0.25, -0.2) is 4.39 Å². The maximum absolute atomic E-state index is 12.6. The van der Waals surface area contributed by atoms with E-state index in [1.807, 2.05) is 6.07 Å². The first-order valence-electron chi connectivity index (χ1n) is 5.14. The van der Waals surface area contributed by atoms with Crippen LogP contribution in [0, 0.1) is 0 Å². The first-order valence-corrected chi connectivity index (χ1v) is 5.14. The van der Waals surface area contributed by atoms with E-state index in [-0.39, 0.29) is 42.6 Å². The predicted octanol–water partition coefficient (Wildman–Crippen LogP) is -2.40. The van der Waals surface area contributed by atoms with Crippen molar-refractivity contribution in [3.63, 3.8) is 0 Å². The number of benzene rings is 1. The molecule has 0 aromatic heterocycles. The quantitative estimate of drug-likeness (QED) is 0.423. The molecule has 0 saturated carbocycles. The molecule has 0 radical (unpaired) electrons. The smallest absolute Gasteiger partial charge is 0.547 e. The fourth-order valence-corrected chi connectivity index (χ4v) is 1.17. The number of carbonyl (C=O) groups excluding carboxylic acids is 2. The molecule has 1 unspecified atom stereocenters. The summed E-state index contributed by atoms with van der Waals surface area (Å²) in [5.74, 6) is -2.43. The number of halogens is 1. The summed E-state index contributed by atoms with van der Waals surface area (Å²) in [6.45, 7) is 0.0992. The van der Waals surface area contributed by atoms with Crippen LogP contribution in [-0.2, 0) is 20.9 Å². The Kier molecular flexibility index (Phi) is 8.62. The fourth-order valence-electron chi connectivity index (χ4n) is 1.17. The Morgan fingerprint density at radius 1 is 1.28 bits per heavy atom. The van der Waals surface area contributed by atoms with Crippen LogP contribution in [0.2, 0.25) is 0 Å². The van der Waals surface area contributed by atoms with Gasteiger partial charge in [0.15, 0.2) is 0 Å². The van der Waals surface area contributed by atoms with E-state index in [1.54, 1.807) is 24.3 Å². The van der Waals surface area contributed by atoms with Crippen molar-refractivity contribution in [3.05, 3.63) is 35.9 Å². The van der Waals surface area contributed by atoms with E-state index in [1.165, 1.54) is 0 Å². The van der Waals surface area contributed by atoms with E-state index in [2.05, 4.69) is 0 Å². The molecule has 0 spiro atoms. The molecule has 0 N–H and O–H groups in total. The number of hydrogen-bond donors (Lipinski definition) is 0. The number of carboxylic acids is 1. The van der Waals surface area contributed by atoms with Gasteiger partial charge in [0.2, 0.25) is 0 Å². The maximum atomic E-state index is 12.6. The zero-order valence-corrected chi connectivity index (χ0v) is 12.1. The SMILES string of the molecule is O=C(CCC(F)C(=O)[O-])OCc1ccccc1.[Na+]. The Morgan fingerprint density at radius 2 is 1.89 bits per heavy atom. The summed E-state index contributed by atoms with van der Waals surface area (Å²) in [5, 5.41) is 10.1. The first kappa shape index (κ1) is 17.1. The van der Waals surface area contributed by atoms with Gasteiger partial charge in [-0.05, 0) is 12.0 Å². The van der Waals surface area contributed by atoms with Gasteiger partial charge >= 0.3 is 35.5 Å². The van der Waals surface area contributed by atoms with Crippen LogP contribution in [0.1, 0.15) is 18.4 Å². The molecule has 0 amide bonds. The second kappa shape index (κ2) is 9.08. The van der Waals surface area contributed by atoms with Gasteiger partial charge in [0.1, 0.15) is 12.8 Å². The number of ether oxygens (including phenoxy) is 1.